The number of aliphatic hydroxyl groups is 1. The molecule has 3 aromatic rings. The molecule has 0 unspecified atom stereocenters. The first-order valence-electron chi connectivity index (χ1n) is 10.2. The summed E-state index contributed by atoms with van der Waals surface area (Å²) in [4.78, 5) is 14.1. The number of aliphatic hydroxyl groups excluding tert-OH is 1. The van der Waals surface area contributed by atoms with Crippen molar-refractivity contribution in [2.24, 2.45) is 0 Å². The van der Waals surface area contributed by atoms with Gasteiger partial charge in [0.15, 0.2) is 5.76 Å². The third-order valence-corrected chi connectivity index (χ3v) is 7.72. The zero-order valence-corrected chi connectivity index (χ0v) is 19.6. The lowest BCUT2D eigenvalue weighted by molar-refractivity contribution is -0.130. The largest absolute Gasteiger partial charge is 0.502 e. The summed E-state index contributed by atoms with van der Waals surface area (Å²) < 4.78 is 32.4. The fourth-order valence-corrected chi connectivity index (χ4v) is 5.59. The molecule has 0 saturated carbocycles. The molecular weight excluding hydrogens is 462 g/mol. The quantitative estimate of drug-likeness (QED) is 0.534. The van der Waals surface area contributed by atoms with E-state index in [-0.39, 0.29) is 16.3 Å². The molecule has 3 aromatic carbocycles. The van der Waals surface area contributed by atoms with E-state index in [1.165, 1.54) is 17.0 Å². The molecule has 1 aliphatic rings. The van der Waals surface area contributed by atoms with Crippen molar-refractivity contribution >= 4 is 27.3 Å². The van der Waals surface area contributed by atoms with E-state index >= 15 is 0 Å². The van der Waals surface area contributed by atoms with Gasteiger partial charge in [-0.15, -0.1) is 0 Å². The number of carbonyl (C=O) groups excluding carboxylic acids is 1. The molecular formula is C25H22ClNO5S. The minimum atomic E-state index is -4.17. The van der Waals surface area contributed by atoms with Crippen LogP contribution in [0.3, 0.4) is 0 Å². The summed E-state index contributed by atoms with van der Waals surface area (Å²) in [7, 11) is -2.61. The molecule has 1 heterocycles. The molecule has 4 rings (SSSR count). The molecule has 8 heteroatoms. The number of methoxy groups -OCH3 is 1. The maximum atomic E-state index is 13.6. The summed E-state index contributed by atoms with van der Waals surface area (Å²) in [6.45, 7) is 1.94. The van der Waals surface area contributed by atoms with Gasteiger partial charge in [0.1, 0.15) is 10.7 Å². The molecule has 1 N–H and O–H groups in total. The van der Waals surface area contributed by atoms with Gasteiger partial charge in [0.05, 0.1) is 18.0 Å². The zero-order chi connectivity index (χ0) is 23.8. The number of aryl methyl sites for hydroxylation is 1. The van der Waals surface area contributed by atoms with Crippen molar-refractivity contribution in [3.05, 3.63) is 105 Å². The van der Waals surface area contributed by atoms with E-state index in [0.29, 0.717) is 16.3 Å². The Morgan fingerprint density at radius 3 is 2.15 bits per heavy atom. The van der Waals surface area contributed by atoms with Gasteiger partial charge in [-0.05, 0) is 54.4 Å². The van der Waals surface area contributed by atoms with Crippen LogP contribution in [-0.2, 0) is 21.2 Å². The fraction of sp³-hybridized carbons (Fsp3) is 0.160. The Bertz CT molecular complexity index is 1310. The molecule has 0 spiro atoms. The molecule has 0 bridgehead atoms. The average Bonchev–Trinajstić information content (AvgIpc) is 3.06. The first-order chi connectivity index (χ1) is 15.7. The van der Waals surface area contributed by atoms with E-state index in [1.54, 1.807) is 67.8 Å². The Balaban J connectivity index is 1.82. The fourth-order valence-electron chi connectivity index (χ4n) is 3.82. The van der Waals surface area contributed by atoms with Crippen molar-refractivity contribution in [1.29, 1.82) is 0 Å². The molecule has 1 amide bonds. The SMILES string of the molecule is COc1ccc(CN2C(=O)C(O)=C(S(=O)(=O)c3ccc(C)cc3)[C@H]2c2ccc(Cl)cc2)cc1. The van der Waals surface area contributed by atoms with Crippen molar-refractivity contribution in [1.82, 2.24) is 4.90 Å². The van der Waals surface area contributed by atoms with Gasteiger partial charge in [-0.25, -0.2) is 8.42 Å². The zero-order valence-electron chi connectivity index (χ0n) is 18.0. The van der Waals surface area contributed by atoms with Crippen molar-refractivity contribution < 1.29 is 23.1 Å². The summed E-state index contributed by atoms with van der Waals surface area (Å²) in [6.07, 6.45) is 0. The number of rotatable bonds is 6. The second-order valence-corrected chi connectivity index (χ2v) is 10.1. The van der Waals surface area contributed by atoms with Gasteiger partial charge in [-0.2, -0.15) is 0 Å². The van der Waals surface area contributed by atoms with E-state index < -0.39 is 27.5 Å². The van der Waals surface area contributed by atoms with E-state index in [4.69, 9.17) is 16.3 Å². The molecule has 0 fully saturated rings. The normalized spacial score (nSPS) is 16.4. The van der Waals surface area contributed by atoms with Crippen molar-refractivity contribution in [3.63, 3.8) is 0 Å². The van der Waals surface area contributed by atoms with Gasteiger partial charge < -0.3 is 14.7 Å². The molecule has 33 heavy (non-hydrogen) atoms. The third kappa shape index (κ3) is 4.34. The van der Waals surface area contributed by atoms with E-state index in [1.807, 2.05) is 6.92 Å². The Labute approximate surface area is 197 Å². The summed E-state index contributed by atoms with van der Waals surface area (Å²) in [5, 5.41) is 11.3. The smallest absolute Gasteiger partial charge is 0.290 e. The van der Waals surface area contributed by atoms with Crippen LogP contribution in [0.15, 0.2) is 88.4 Å². The van der Waals surface area contributed by atoms with Crippen LogP contribution in [0, 0.1) is 6.92 Å². The predicted molar refractivity (Wildman–Crippen MR) is 126 cm³/mol. The topological polar surface area (TPSA) is 83.9 Å². The van der Waals surface area contributed by atoms with Gasteiger partial charge in [0.2, 0.25) is 9.84 Å². The molecule has 1 aliphatic heterocycles. The standard InChI is InChI=1S/C25H22ClNO5S/c1-16-3-13-21(14-4-16)33(30,31)24-22(18-7-9-19(26)10-8-18)27(25(29)23(24)28)15-17-5-11-20(32-2)12-6-17/h3-14,22,28H,15H2,1-2H3/t22-/m1/s1. The van der Waals surface area contributed by atoms with Crippen molar-refractivity contribution in [2.45, 2.75) is 24.4 Å². The number of benzene rings is 3. The van der Waals surface area contributed by atoms with Gasteiger partial charge in [-0.3, -0.25) is 4.79 Å². The lowest BCUT2D eigenvalue weighted by atomic mass is 10.1. The highest BCUT2D eigenvalue weighted by atomic mass is 35.5. The molecule has 0 aromatic heterocycles. The maximum absolute atomic E-state index is 13.6. The Morgan fingerprint density at radius 1 is 0.970 bits per heavy atom. The first kappa shape index (κ1) is 22.9. The highest BCUT2D eigenvalue weighted by Crippen LogP contribution is 2.43. The van der Waals surface area contributed by atoms with Gasteiger partial charge >= 0.3 is 0 Å². The number of ether oxygens (including phenoxy) is 1. The van der Waals surface area contributed by atoms with Crippen molar-refractivity contribution in [2.75, 3.05) is 7.11 Å². The van der Waals surface area contributed by atoms with Crippen LogP contribution in [-0.4, -0.2) is 31.4 Å². The molecule has 6 nitrogen and oxygen atoms in total. The minimum Gasteiger partial charge on any atom is -0.502 e. The van der Waals surface area contributed by atoms with Crippen LogP contribution < -0.4 is 4.74 Å². The van der Waals surface area contributed by atoms with Crippen LogP contribution >= 0.6 is 11.6 Å². The number of sulfone groups is 1. The first-order valence-corrected chi connectivity index (χ1v) is 12.0. The second-order valence-electron chi connectivity index (χ2n) is 7.76. The van der Waals surface area contributed by atoms with E-state index in [9.17, 15) is 18.3 Å². The number of hydrogen-bond donors (Lipinski definition) is 1. The van der Waals surface area contributed by atoms with Gasteiger partial charge in [0, 0.05) is 11.6 Å². The third-order valence-electron chi connectivity index (χ3n) is 5.58. The minimum absolute atomic E-state index is 0.00714. The Morgan fingerprint density at radius 2 is 1.58 bits per heavy atom. The van der Waals surface area contributed by atoms with Gasteiger partial charge in [0.25, 0.3) is 5.91 Å². The molecule has 0 aliphatic carbocycles. The lowest BCUT2D eigenvalue weighted by Gasteiger charge is -2.27. The monoisotopic (exact) mass is 483 g/mol. The lowest BCUT2D eigenvalue weighted by Crippen LogP contribution is -2.30. The van der Waals surface area contributed by atoms with Crippen LogP contribution in [0.25, 0.3) is 0 Å². The van der Waals surface area contributed by atoms with Crippen molar-refractivity contribution in [3.8, 4) is 5.75 Å². The van der Waals surface area contributed by atoms with E-state index in [2.05, 4.69) is 0 Å². The summed E-state index contributed by atoms with van der Waals surface area (Å²) in [5.74, 6) is -0.871. The van der Waals surface area contributed by atoms with Crippen LogP contribution in [0.5, 0.6) is 5.75 Å². The maximum Gasteiger partial charge on any atom is 0.290 e. The van der Waals surface area contributed by atoms with Crippen LogP contribution in [0.4, 0.5) is 0 Å². The highest BCUT2D eigenvalue weighted by Gasteiger charge is 2.46. The van der Waals surface area contributed by atoms with Crippen LogP contribution in [0.2, 0.25) is 5.02 Å². The Kier molecular flexibility index (Phi) is 6.19. The summed E-state index contributed by atoms with van der Waals surface area (Å²) >= 11 is 6.04. The molecule has 170 valence electrons. The number of nitrogens with zero attached hydrogens (tertiary/aromatic N) is 1. The number of halogens is 1. The highest BCUT2D eigenvalue weighted by molar-refractivity contribution is 7.95. The molecule has 0 radical (unpaired) electrons. The average molecular weight is 484 g/mol. The van der Waals surface area contributed by atoms with Gasteiger partial charge in [-0.1, -0.05) is 53.6 Å². The summed E-state index contributed by atoms with van der Waals surface area (Å²) in [6, 6.07) is 18.9. The number of amides is 1. The number of carbonyl (C=O) groups is 1. The Hall–Kier alpha value is -3.29. The second kappa shape index (κ2) is 8.92. The molecule has 0 saturated heterocycles. The summed E-state index contributed by atoms with van der Waals surface area (Å²) in [5.41, 5.74) is 2.17. The predicted octanol–water partition coefficient (Wildman–Crippen LogP) is 4.98. The van der Waals surface area contributed by atoms with E-state index in [0.717, 1.165) is 11.1 Å². The van der Waals surface area contributed by atoms with Crippen LogP contribution in [0.1, 0.15) is 22.7 Å². The molecule has 1 atom stereocenters. The number of hydrogen-bond acceptors (Lipinski definition) is 5.